The Bertz CT molecular complexity index is 784. The van der Waals surface area contributed by atoms with Gasteiger partial charge < -0.3 is 14.7 Å². The molecule has 1 aromatic carbocycles. The van der Waals surface area contributed by atoms with E-state index in [0.29, 0.717) is 29.0 Å². The highest BCUT2D eigenvalue weighted by Crippen LogP contribution is 2.34. The summed E-state index contributed by atoms with van der Waals surface area (Å²) in [6.45, 7) is 0.567. The van der Waals surface area contributed by atoms with Crippen LogP contribution in [-0.2, 0) is 24.2 Å². The van der Waals surface area contributed by atoms with Crippen molar-refractivity contribution in [3.05, 3.63) is 50.2 Å². The van der Waals surface area contributed by atoms with E-state index < -0.39 is 5.97 Å². The quantitative estimate of drug-likeness (QED) is 0.813. The van der Waals surface area contributed by atoms with Crippen molar-refractivity contribution in [1.29, 1.82) is 0 Å². The summed E-state index contributed by atoms with van der Waals surface area (Å²) in [4.78, 5) is 13.8. The first-order chi connectivity index (χ1) is 9.95. The Labute approximate surface area is 133 Å². The minimum atomic E-state index is -0.910. The predicted molar refractivity (Wildman–Crippen MR) is 81.5 cm³/mol. The fourth-order valence-electron chi connectivity index (χ4n) is 2.83. The molecule has 0 spiro atoms. The van der Waals surface area contributed by atoms with Crippen LogP contribution in [0.15, 0.2) is 22.7 Å². The van der Waals surface area contributed by atoms with Crippen LogP contribution in [0.2, 0.25) is 0 Å². The average molecular weight is 371 g/mol. The second-order valence-corrected chi connectivity index (χ2v) is 6.41. The van der Waals surface area contributed by atoms with Crippen LogP contribution in [0.3, 0.4) is 0 Å². The van der Waals surface area contributed by atoms with E-state index in [0.717, 1.165) is 10.2 Å². The van der Waals surface area contributed by atoms with Crippen LogP contribution in [0.1, 0.15) is 22.9 Å². The highest BCUT2D eigenvalue weighted by Gasteiger charge is 2.29. The van der Waals surface area contributed by atoms with Crippen LogP contribution in [0.25, 0.3) is 0 Å². The number of halogens is 2. The topological polar surface area (TPSA) is 58.0 Å². The molecule has 0 fully saturated rings. The highest BCUT2D eigenvalue weighted by molar-refractivity contribution is 9.10. The van der Waals surface area contributed by atoms with E-state index >= 15 is 0 Å². The van der Waals surface area contributed by atoms with Gasteiger partial charge in [0.05, 0.1) is 6.42 Å². The molecule has 2 heterocycles. The maximum Gasteiger partial charge on any atom is 0.309 e. The SMILES string of the molecule is O=C(O)Cc1[nH]c(=S)n2c1C[C@@H](c1cc(Br)ccc1F)C2. The number of benzene rings is 1. The summed E-state index contributed by atoms with van der Waals surface area (Å²) in [6.07, 6.45) is 0.489. The third-order valence-electron chi connectivity index (χ3n) is 3.75. The Kier molecular flexibility index (Phi) is 3.71. The van der Waals surface area contributed by atoms with Crippen molar-refractivity contribution in [2.75, 3.05) is 0 Å². The molecule has 7 heteroatoms. The molecule has 0 bridgehead atoms. The minimum Gasteiger partial charge on any atom is -0.481 e. The van der Waals surface area contributed by atoms with E-state index in [-0.39, 0.29) is 18.2 Å². The fourth-order valence-corrected chi connectivity index (χ4v) is 3.52. The molecule has 3 rings (SSSR count). The summed E-state index contributed by atoms with van der Waals surface area (Å²) >= 11 is 8.58. The summed E-state index contributed by atoms with van der Waals surface area (Å²) in [6, 6.07) is 4.87. The number of nitrogens with zero attached hydrogens (tertiary/aromatic N) is 1. The van der Waals surface area contributed by atoms with Gasteiger partial charge in [0.15, 0.2) is 4.77 Å². The summed E-state index contributed by atoms with van der Waals surface area (Å²) < 4.78 is 17.2. The number of carbonyl (C=O) groups is 1. The van der Waals surface area contributed by atoms with Crippen molar-refractivity contribution in [1.82, 2.24) is 9.55 Å². The zero-order chi connectivity index (χ0) is 15.1. The number of carboxylic acid groups (broad SMARTS) is 1. The lowest BCUT2D eigenvalue weighted by Gasteiger charge is -2.11. The van der Waals surface area contributed by atoms with Gasteiger partial charge >= 0.3 is 5.97 Å². The second kappa shape index (κ2) is 5.38. The summed E-state index contributed by atoms with van der Waals surface area (Å²) in [5.41, 5.74) is 2.11. The first kappa shape index (κ1) is 14.5. The molecule has 0 unspecified atom stereocenters. The molecule has 2 N–H and O–H groups in total. The lowest BCUT2D eigenvalue weighted by molar-refractivity contribution is -0.136. The summed E-state index contributed by atoms with van der Waals surface area (Å²) in [7, 11) is 0. The van der Waals surface area contributed by atoms with Crippen molar-refractivity contribution in [2.45, 2.75) is 25.3 Å². The van der Waals surface area contributed by atoms with Crippen molar-refractivity contribution in [3.63, 3.8) is 0 Å². The Balaban J connectivity index is 1.96. The van der Waals surface area contributed by atoms with Crippen molar-refractivity contribution < 1.29 is 14.3 Å². The molecule has 1 aromatic heterocycles. The van der Waals surface area contributed by atoms with Gasteiger partial charge in [-0.05, 0) is 42.4 Å². The van der Waals surface area contributed by atoms with Gasteiger partial charge in [-0.1, -0.05) is 15.9 Å². The van der Waals surface area contributed by atoms with Gasteiger partial charge in [-0.25, -0.2) is 4.39 Å². The second-order valence-electron chi connectivity index (χ2n) is 5.10. The van der Waals surface area contributed by atoms with Crippen LogP contribution in [0.5, 0.6) is 0 Å². The zero-order valence-electron chi connectivity index (χ0n) is 10.9. The lowest BCUT2D eigenvalue weighted by atomic mass is 9.96. The molecule has 0 aliphatic carbocycles. The van der Waals surface area contributed by atoms with Crippen LogP contribution < -0.4 is 0 Å². The Morgan fingerprint density at radius 2 is 2.33 bits per heavy atom. The number of aliphatic carboxylic acids is 1. The molecule has 1 atom stereocenters. The number of aromatic amines is 1. The number of aromatic nitrogens is 2. The van der Waals surface area contributed by atoms with E-state index in [1.54, 1.807) is 12.1 Å². The molecule has 4 nitrogen and oxygen atoms in total. The third kappa shape index (κ3) is 2.67. The molecule has 110 valence electrons. The van der Waals surface area contributed by atoms with Crippen LogP contribution in [0, 0.1) is 10.6 Å². The molecule has 0 saturated heterocycles. The number of carboxylic acids is 1. The Hall–Kier alpha value is -1.47. The number of hydrogen-bond acceptors (Lipinski definition) is 2. The average Bonchev–Trinajstić information content (AvgIpc) is 2.95. The van der Waals surface area contributed by atoms with E-state index in [4.69, 9.17) is 17.3 Å². The van der Waals surface area contributed by atoms with Gasteiger partial charge in [-0.2, -0.15) is 0 Å². The predicted octanol–water partition coefficient (Wildman–Crippen LogP) is 3.41. The molecule has 0 amide bonds. The molecule has 1 aliphatic rings. The number of nitrogens with one attached hydrogen (secondary N) is 1. The van der Waals surface area contributed by atoms with E-state index in [1.165, 1.54) is 6.07 Å². The monoisotopic (exact) mass is 370 g/mol. The van der Waals surface area contributed by atoms with E-state index in [2.05, 4.69) is 20.9 Å². The number of imidazole rings is 1. The molecule has 0 saturated carbocycles. The number of fused-ring (bicyclic) bond motifs is 1. The van der Waals surface area contributed by atoms with E-state index in [9.17, 15) is 9.18 Å². The van der Waals surface area contributed by atoms with Gasteiger partial charge in [-0.3, -0.25) is 4.79 Å². The lowest BCUT2D eigenvalue weighted by Crippen LogP contribution is -2.06. The van der Waals surface area contributed by atoms with Crippen LogP contribution in [0.4, 0.5) is 4.39 Å². The fraction of sp³-hybridized carbons (Fsp3) is 0.286. The molecule has 21 heavy (non-hydrogen) atoms. The zero-order valence-corrected chi connectivity index (χ0v) is 13.3. The summed E-state index contributed by atoms with van der Waals surface area (Å²) in [5, 5.41) is 8.94. The van der Waals surface area contributed by atoms with Crippen LogP contribution in [-0.4, -0.2) is 20.6 Å². The third-order valence-corrected chi connectivity index (χ3v) is 4.56. The maximum atomic E-state index is 14.0. The minimum absolute atomic E-state index is 0.0265. The highest BCUT2D eigenvalue weighted by atomic mass is 79.9. The van der Waals surface area contributed by atoms with E-state index in [1.807, 2.05) is 4.57 Å². The smallest absolute Gasteiger partial charge is 0.309 e. The van der Waals surface area contributed by atoms with Gasteiger partial charge in [0.1, 0.15) is 5.82 Å². The first-order valence-corrected chi connectivity index (χ1v) is 7.63. The Morgan fingerprint density at radius 3 is 3.05 bits per heavy atom. The number of rotatable bonds is 3. The standard InChI is InChI=1S/C14H12BrFN2O2S/c15-8-1-2-10(16)9(4-8)7-3-12-11(5-13(19)20)17-14(21)18(12)6-7/h1-2,4,7H,3,5-6H2,(H,17,21)(H,19,20)/t7-/m1/s1. The molecule has 0 radical (unpaired) electrons. The molecule has 1 aliphatic heterocycles. The van der Waals surface area contributed by atoms with Gasteiger partial charge in [0, 0.05) is 28.3 Å². The van der Waals surface area contributed by atoms with Gasteiger partial charge in [-0.15, -0.1) is 0 Å². The molecule has 2 aromatic rings. The van der Waals surface area contributed by atoms with Crippen LogP contribution >= 0.6 is 28.1 Å². The van der Waals surface area contributed by atoms with Gasteiger partial charge in [0.2, 0.25) is 0 Å². The molecular formula is C14H12BrFN2O2S. The van der Waals surface area contributed by atoms with Crippen molar-refractivity contribution >= 4 is 34.1 Å². The number of H-pyrrole nitrogens is 1. The molecular weight excluding hydrogens is 359 g/mol. The maximum absolute atomic E-state index is 14.0. The Morgan fingerprint density at radius 1 is 1.57 bits per heavy atom. The largest absolute Gasteiger partial charge is 0.481 e. The number of hydrogen-bond donors (Lipinski definition) is 2. The van der Waals surface area contributed by atoms with Crippen molar-refractivity contribution in [3.8, 4) is 0 Å². The normalized spacial score (nSPS) is 17.0. The van der Waals surface area contributed by atoms with Gasteiger partial charge in [0.25, 0.3) is 0 Å². The van der Waals surface area contributed by atoms with Crippen molar-refractivity contribution in [2.24, 2.45) is 0 Å². The summed E-state index contributed by atoms with van der Waals surface area (Å²) in [5.74, 6) is -1.18. The first-order valence-electron chi connectivity index (χ1n) is 6.43.